The minimum Gasteiger partial charge on any atom is -0.497 e. The summed E-state index contributed by atoms with van der Waals surface area (Å²) in [5.74, 6) is 0.0726. The minimum absolute atomic E-state index is 0.0863. The number of methoxy groups -OCH3 is 1. The number of carboxylic acid groups (broad SMARTS) is 1. The van der Waals surface area contributed by atoms with Crippen LogP contribution in [0.4, 0.5) is 0 Å². The van der Waals surface area contributed by atoms with Gasteiger partial charge in [0, 0.05) is 38.6 Å². The van der Waals surface area contributed by atoms with Crippen molar-refractivity contribution in [3.8, 4) is 17.2 Å². The van der Waals surface area contributed by atoms with Crippen LogP contribution in [0, 0.1) is 5.92 Å². The Bertz CT molecular complexity index is 1150. The normalized spacial score (nSPS) is 22.0. The molecule has 0 radical (unpaired) electrons. The highest BCUT2D eigenvalue weighted by molar-refractivity contribution is 7.89. The van der Waals surface area contributed by atoms with E-state index in [1.165, 1.54) is 4.31 Å². The number of hydrogen-bond donors (Lipinski definition) is 1. The Hall–Kier alpha value is -2.82. The lowest BCUT2D eigenvalue weighted by atomic mass is 9.82. The molecule has 35 heavy (non-hydrogen) atoms. The Morgan fingerprint density at radius 3 is 2.49 bits per heavy atom. The van der Waals surface area contributed by atoms with Gasteiger partial charge in [0.15, 0.2) is 11.5 Å². The number of aliphatic carboxylic acids is 1. The maximum atomic E-state index is 12.6. The fourth-order valence-corrected chi connectivity index (χ4v) is 6.15. The van der Waals surface area contributed by atoms with Crippen molar-refractivity contribution in [2.75, 3.05) is 46.3 Å². The summed E-state index contributed by atoms with van der Waals surface area (Å²) in [6.07, 6.45) is 0.540. The number of ether oxygens (including phenoxy) is 3. The van der Waals surface area contributed by atoms with E-state index in [9.17, 15) is 18.3 Å². The van der Waals surface area contributed by atoms with Crippen LogP contribution in [0.2, 0.25) is 0 Å². The van der Waals surface area contributed by atoms with Crippen LogP contribution in [0.25, 0.3) is 0 Å². The first-order valence-electron chi connectivity index (χ1n) is 11.7. The molecule has 2 aromatic carbocycles. The third kappa shape index (κ3) is 5.24. The van der Waals surface area contributed by atoms with Gasteiger partial charge in [0.25, 0.3) is 0 Å². The summed E-state index contributed by atoms with van der Waals surface area (Å²) in [6, 6.07) is 12.5. The van der Waals surface area contributed by atoms with E-state index in [4.69, 9.17) is 14.2 Å². The molecule has 2 aromatic rings. The van der Waals surface area contributed by atoms with Gasteiger partial charge < -0.3 is 19.3 Å². The van der Waals surface area contributed by atoms with Crippen LogP contribution in [0.3, 0.4) is 0 Å². The van der Waals surface area contributed by atoms with Gasteiger partial charge in [-0.3, -0.25) is 9.69 Å². The highest BCUT2D eigenvalue weighted by Gasteiger charge is 2.47. The molecule has 1 saturated heterocycles. The molecule has 0 amide bonds. The van der Waals surface area contributed by atoms with E-state index in [1.54, 1.807) is 14.2 Å². The quantitative estimate of drug-likeness (QED) is 0.527. The molecule has 2 aliphatic heterocycles. The lowest BCUT2D eigenvalue weighted by Crippen LogP contribution is -2.38. The Morgan fingerprint density at radius 1 is 1.14 bits per heavy atom. The Labute approximate surface area is 206 Å². The standard InChI is InChI=1S/C25H32N2O7S/c1-4-13-35(30,31)26(2)11-12-27-15-20(18-7-10-21-22(14-18)34-16-33-21)23(25(28)29)24(27)17-5-8-19(32-3)9-6-17/h5-10,14,20,23-24H,4,11-13,15-16H2,1-3H3,(H,28,29)/t20-,23-,24+/m1/s1. The lowest BCUT2D eigenvalue weighted by molar-refractivity contribution is -0.143. The van der Waals surface area contributed by atoms with E-state index in [0.717, 1.165) is 11.1 Å². The van der Waals surface area contributed by atoms with Gasteiger partial charge in [-0.15, -0.1) is 0 Å². The number of likely N-dealkylation sites (N-methyl/N-ethyl adjacent to an activating group) is 1. The van der Waals surface area contributed by atoms with Crippen molar-refractivity contribution >= 4 is 16.0 Å². The summed E-state index contributed by atoms with van der Waals surface area (Å²) in [7, 11) is -0.193. The van der Waals surface area contributed by atoms with Gasteiger partial charge in [-0.2, -0.15) is 0 Å². The molecule has 190 valence electrons. The molecule has 3 atom stereocenters. The van der Waals surface area contributed by atoms with E-state index in [0.29, 0.717) is 36.8 Å². The topological polar surface area (TPSA) is 106 Å². The first-order chi connectivity index (χ1) is 16.7. The van der Waals surface area contributed by atoms with E-state index in [2.05, 4.69) is 4.90 Å². The molecule has 0 spiro atoms. The highest BCUT2D eigenvalue weighted by Crippen LogP contribution is 2.47. The molecule has 4 rings (SSSR count). The van der Waals surface area contributed by atoms with Gasteiger partial charge in [-0.25, -0.2) is 12.7 Å². The predicted octanol–water partition coefficient (Wildman–Crippen LogP) is 2.94. The molecule has 1 fully saturated rings. The van der Waals surface area contributed by atoms with E-state index in [1.807, 2.05) is 49.4 Å². The first-order valence-corrected chi connectivity index (χ1v) is 13.3. The van der Waals surface area contributed by atoms with Crippen LogP contribution in [-0.4, -0.2) is 75.0 Å². The SMILES string of the molecule is CCCS(=O)(=O)N(C)CCN1C[C@H](c2ccc3c(c2)OCO3)[C@@H](C(=O)O)[C@@H]1c1ccc(OC)cc1. The smallest absolute Gasteiger partial charge is 0.309 e. The number of carbonyl (C=O) groups is 1. The molecule has 0 aliphatic carbocycles. The Balaban J connectivity index is 1.67. The number of benzene rings is 2. The maximum absolute atomic E-state index is 12.6. The van der Waals surface area contributed by atoms with Crippen molar-refractivity contribution in [1.29, 1.82) is 0 Å². The lowest BCUT2D eigenvalue weighted by Gasteiger charge is -2.29. The maximum Gasteiger partial charge on any atom is 0.309 e. The van der Waals surface area contributed by atoms with Gasteiger partial charge in [0.1, 0.15) is 5.75 Å². The van der Waals surface area contributed by atoms with Crippen molar-refractivity contribution in [1.82, 2.24) is 9.21 Å². The van der Waals surface area contributed by atoms with Gasteiger partial charge >= 0.3 is 5.97 Å². The molecule has 0 unspecified atom stereocenters. The van der Waals surface area contributed by atoms with Crippen LogP contribution in [0.15, 0.2) is 42.5 Å². The third-order valence-electron chi connectivity index (χ3n) is 6.80. The Kier molecular flexibility index (Phi) is 7.53. The summed E-state index contributed by atoms with van der Waals surface area (Å²) >= 11 is 0. The van der Waals surface area contributed by atoms with E-state index < -0.39 is 28.0 Å². The summed E-state index contributed by atoms with van der Waals surface area (Å²) in [5.41, 5.74) is 1.70. The average molecular weight is 505 g/mol. The largest absolute Gasteiger partial charge is 0.497 e. The highest BCUT2D eigenvalue weighted by atomic mass is 32.2. The number of nitrogens with zero attached hydrogens (tertiary/aromatic N) is 2. The van der Waals surface area contributed by atoms with Crippen LogP contribution >= 0.6 is 0 Å². The molecule has 0 bridgehead atoms. The second-order valence-corrected chi connectivity index (χ2v) is 11.1. The van der Waals surface area contributed by atoms with Gasteiger partial charge in [-0.1, -0.05) is 25.1 Å². The first kappa shape index (κ1) is 25.3. The minimum atomic E-state index is -3.35. The molecular formula is C25H32N2O7S. The van der Waals surface area contributed by atoms with Crippen molar-refractivity contribution in [2.45, 2.75) is 25.3 Å². The molecule has 1 N–H and O–H groups in total. The number of fused-ring (bicyclic) bond motifs is 1. The van der Waals surface area contributed by atoms with E-state index in [-0.39, 0.29) is 25.0 Å². The van der Waals surface area contributed by atoms with Crippen LogP contribution in [0.1, 0.15) is 36.4 Å². The summed E-state index contributed by atoms with van der Waals surface area (Å²) in [5, 5.41) is 10.4. The Morgan fingerprint density at radius 2 is 1.83 bits per heavy atom. The second kappa shape index (κ2) is 10.4. The molecule has 0 aromatic heterocycles. The number of rotatable bonds is 10. The van der Waals surface area contributed by atoms with Crippen LogP contribution < -0.4 is 14.2 Å². The van der Waals surface area contributed by atoms with Gasteiger partial charge in [0.05, 0.1) is 18.8 Å². The number of hydrogen-bond acceptors (Lipinski definition) is 7. The van der Waals surface area contributed by atoms with E-state index >= 15 is 0 Å². The average Bonchev–Trinajstić information content (AvgIpc) is 3.46. The number of carboxylic acids is 1. The summed E-state index contributed by atoms with van der Waals surface area (Å²) in [4.78, 5) is 14.7. The fourth-order valence-electron chi connectivity index (χ4n) is 4.96. The predicted molar refractivity (Wildman–Crippen MR) is 130 cm³/mol. The third-order valence-corrected chi connectivity index (χ3v) is 8.86. The van der Waals surface area contributed by atoms with Crippen LogP contribution in [-0.2, 0) is 14.8 Å². The summed E-state index contributed by atoms with van der Waals surface area (Å²) in [6.45, 7) is 3.12. The number of sulfonamides is 1. The van der Waals surface area contributed by atoms with Crippen molar-refractivity contribution in [3.05, 3.63) is 53.6 Å². The fraction of sp³-hybridized carbons (Fsp3) is 0.480. The number of likely N-dealkylation sites (tertiary alicyclic amines) is 1. The van der Waals surface area contributed by atoms with Crippen molar-refractivity contribution in [3.63, 3.8) is 0 Å². The van der Waals surface area contributed by atoms with Gasteiger partial charge in [0.2, 0.25) is 16.8 Å². The zero-order valence-electron chi connectivity index (χ0n) is 20.2. The molecule has 2 aliphatic rings. The zero-order valence-corrected chi connectivity index (χ0v) is 21.0. The monoisotopic (exact) mass is 504 g/mol. The molecule has 0 saturated carbocycles. The molecule has 10 heteroatoms. The second-order valence-electron chi connectivity index (χ2n) is 8.93. The van der Waals surface area contributed by atoms with Crippen LogP contribution in [0.5, 0.6) is 17.2 Å². The molecule has 2 heterocycles. The molecule has 9 nitrogen and oxygen atoms in total. The summed E-state index contributed by atoms with van der Waals surface area (Å²) < 4.78 is 42.6. The molecular weight excluding hydrogens is 472 g/mol. The van der Waals surface area contributed by atoms with Crippen molar-refractivity contribution in [2.24, 2.45) is 5.92 Å². The zero-order chi connectivity index (χ0) is 25.2. The van der Waals surface area contributed by atoms with Gasteiger partial charge in [-0.05, 0) is 41.8 Å². The van der Waals surface area contributed by atoms with Crippen molar-refractivity contribution < 1.29 is 32.5 Å².